The van der Waals surface area contributed by atoms with Gasteiger partial charge in [-0.05, 0) is 18.1 Å². The predicted octanol–water partition coefficient (Wildman–Crippen LogP) is 0.846. The van der Waals surface area contributed by atoms with E-state index in [0.29, 0.717) is 19.8 Å². The molecule has 4 heteroatoms. The zero-order valence-corrected chi connectivity index (χ0v) is 8.69. The number of aromatic nitrogens is 1. The van der Waals surface area contributed by atoms with Gasteiger partial charge in [0.25, 0.3) is 0 Å². The number of nitrogens with two attached hydrogens (primary N) is 1. The van der Waals surface area contributed by atoms with E-state index in [2.05, 4.69) is 4.98 Å². The summed E-state index contributed by atoms with van der Waals surface area (Å²) in [5.41, 5.74) is 7.47. The van der Waals surface area contributed by atoms with Gasteiger partial charge in [-0.25, -0.2) is 0 Å². The second kappa shape index (κ2) is 5.21. The average molecular weight is 208 g/mol. The fourth-order valence-corrected chi connectivity index (χ4v) is 1.51. The Kier molecular flexibility index (Phi) is 3.66. The first-order valence-corrected chi connectivity index (χ1v) is 5.21. The SMILES string of the molecule is NCc1ccc(COC2CCOC2)nc1. The zero-order valence-electron chi connectivity index (χ0n) is 8.69. The van der Waals surface area contributed by atoms with Crippen molar-refractivity contribution in [2.45, 2.75) is 25.7 Å². The van der Waals surface area contributed by atoms with Gasteiger partial charge in [0.2, 0.25) is 0 Å². The fourth-order valence-electron chi connectivity index (χ4n) is 1.51. The molecule has 0 aromatic carbocycles. The summed E-state index contributed by atoms with van der Waals surface area (Å²) in [7, 11) is 0. The molecule has 2 N–H and O–H groups in total. The molecule has 4 nitrogen and oxygen atoms in total. The molecule has 1 atom stereocenters. The first-order valence-electron chi connectivity index (χ1n) is 5.21. The molecule has 1 fully saturated rings. The Morgan fingerprint density at radius 2 is 2.47 bits per heavy atom. The summed E-state index contributed by atoms with van der Waals surface area (Å²) in [5.74, 6) is 0. The van der Waals surface area contributed by atoms with Crippen molar-refractivity contribution in [2.24, 2.45) is 5.73 Å². The number of pyridine rings is 1. The molecule has 0 saturated carbocycles. The van der Waals surface area contributed by atoms with Crippen LogP contribution in [0.5, 0.6) is 0 Å². The summed E-state index contributed by atoms with van der Waals surface area (Å²) >= 11 is 0. The molecule has 1 aliphatic rings. The van der Waals surface area contributed by atoms with Crippen LogP contribution in [0.15, 0.2) is 18.3 Å². The lowest BCUT2D eigenvalue weighted by molar-refractivity contribution is 0.0301. The van der Waals surface area contributed by atoms with Crippen molar-refractivity contribution < 1.29 is 9.47 Å². The van der Waals surface area contributed by atoms with E-state index in [1.54, 1.807) is 6.20 Å². The number of rotatable bonds is 4. The zero-order chi connectivity index (χ0) is 10.5. The number of nitrogens with zero attached hydrogens (tertiary/aromatic N) is 1. The molecule has 0 spiro atoms. The van der Waals surface area contributed by atoms with Crippen LogP contribution in [-0.2, 0) is 22.6 Å². The molecule has 0 aliphatic carbocycles. The van der Waals surface area contributed by atoms with Gasteiger partial charge >= 0.3 is 0 Å². The lowest BCUT2D eigenvalue weighted by Gasteiger charge is -2.09. The topological polar surface area (TPSA) is 57.4 Å². The van der Waals surface area contributed by atoms with Crippen LogP contribution in [0.1, 0.15) is 17.7 Å². The molecule has 0 radical (unpaired) electrons. The van der Waals surface area contributed by atoms with Crippen molar-refractivity contribution in [1.29, 1.82) is 0 Å². The maximum absolute atomic E-state index is 5.64. The summed E-state index contributed by atoms with van der Waals surface area (Å²) in [4.78, 5) is 4.26. The highest BCUT2D eigenvalue weighted by atomic mass is 16.5. The molecule has 1 unspecified atom stereocenters. The summed E-state index contributed by atoms with van der Waals surface area (Å²) in [5, 5.41) is 0. The summed E-state index contributed by atoms with van der Waals surface area (Å²) < 4.78 is 10.9. The molecule has 2 heterocycles. The van der Waals surface area contributed by atoms with Gasteiger partial charge in [-0.15, -0.1) is 0 Å². The van der Waals surface area contributed by atoms with Gasteiger partial charge in [0.1, 0.15) is 0 Å². The van der Waals surface area contributed by atoms with E-state index in [9.17, 15) is 0 Å². The third kappa shape index (κ3) is 2.99. The highest BCUT2D eigenvalue weighted by Gasteiger charge is 2.15. The first kappa shape index (κ1) is 10.5. The molecule has 0 amide bonds. The van der Waals surface area contributed by atoms with Crippen LogP contribution in [0.3, 0.4) is 0 Å². The predicted molar refractivity (Wildman–Crippen MR) is 56.1 cm³/mol. The third-order valence-electron chi connectivity index (χ3n) is 2.48. The minimum atomic E-state index is 0.237. The maximum atomic E-state index is 5.64. The molecule has 0 bridgehead atoms. The van der Waals surface area contributed by atoms with E-state index in [1.165, 1.54) is 0 Å². The number of ether oxygens (including phenoxy) is 2. The van der Waals surface area contributed by atoms with Gasteiger partial charge in [-0.1, -0.05) is 6.07 Å². The van der Waals surface area contributed by atoms with Gasteiger partial charge < -0.3 is 15.2 Å². The average Bonchev–Trinajstić information content (AvgIpc) is 2.80. The smallest absolute Gasteiger partial charge is 0.0892 e. The third-order valence-corrected chi connectivity index (χ3v) is 2.48. The van der Waals surface area contributed by atoms with Crippen LogP contribution in [0.25, 0.3) is 0 Å². The Morgan fingerprint density at radius 1 is 1.53 bits per heavy atom. The normalized spacial score (nSPS) is 20.7. The lowest BCUT2D eigenvalue weighted by Crippen LogP contribution is -2.12. The van der Waals surface area contributed by atoms with Crippen LogP contribution >= 0.6 is 0 Å². The second-order valence-corrected chi connectivity index (χ2v) is 3.66. The largest absolute Gasteiger partial charge is 0.379 e. The number of hydrogen-bond acceptors (Lipinski definition) is 4. The molecule has 1 saturated heterocycles. The minimum absolute atomic E-state index is 0.237. The van der Waals surface area contributed by atoms with Gasteiger partial charge in [-0.2, -0.15) is 0 Å². The molecule has 1 aliphatic heterocycles. The molecule has 15 heavy (non-hydrogen) atoms. The second-order valence-electron chi connectivity index (χ2n) is 3.66. The molecule has 1 aromatic rings. The van der Waals surface area contributed by atoms with Crippen molar-refractivity contribution in [3.05, 3.63) is 29.6 Å². The van der Waals surface area contributed by atoms with E-state index in [4.69, 9.17) is 15.2 Å². The van der Waals surface area contributed by atoms with Crippen LogP contribution in [0.2, 0.25) is 0 Å². The van der Waals surface area contributed by atoms with Gasteiger partial charge in [-0.3, -0.25) is 4.98 Å². The van der Waals surface area contributed by atoms with Crippen LogP contribution < -0.4 is 5.73 Å². The summed E-state index contributed by atoms with van der Waals surface area (Å²) in [6, 6.07) is 3.94. The standard InChI is InChI=1S/C11H16N2O2/c12-5-9-1-2-10(13-6-9)7-15-11-3-4-14-8-11/h1-2,6,11H,3-5,7-8,12H2. The Morgan fingerprint density at radius 3 is 3.07 bits per heavy atom. The van der Waals surface area contributed by atoms with Crippen LogP contribution in [-0.4, -0.2) is 24.3 Å². The monoisotopic (exact) mass is 208 g/mol. The molecule has 1 aromatic heterocycles. The van der Waals surface area contributed by atoms with Crippen molar-refractivity contribution in [2.75, 3.05) is 13.2 Å². The highest BCUT2D eigenvalue weighted by Crippen LogP contribution is 2.10. The van der Waals surface area contributed by atoms with Crippen molar-refractivity contribution >= 4 is 0 Å². The van der Waals surface area contributed by atoms with E-state index >= 15 is 0 Å². The molecular weight excluding hydrogens is 192 g/mol. The summed E-state index contributed by atoms with van der Waals surface area (Å²) in [6.45, 7) is 2.61. The van der Waals surface area contributed by atoms with Crippen LogP contribution in [0, 0.1) is 0 Å². The fraction of sp³-hybridized carbons (Fsp3) is 0.545. The van der Waals surface area contributed by atoms with E-state index in [1.807, 2.05) is 12.1 Å². The molecule has 2 rings (SSSR count). The molecule has 82 valence electrons. The van der Waals surface area contributed by atoms with Gasteiger partial charge in [0.05, 0.1) is 25.0 Å². The Bertz CT molecular complexity index is 294. The Labute approximate surface area is 89.4 Å². The van der Waals surface area contributed by atoms with E-state index in [-0.39, 0.29) is 6.10 Å². The van der Waals surface area contributed by atoms with Gasteiger partial charge in [0.15, 0.2) is 0 Å². The van der Waals surface area contributed by atoms with Crippen molar-refractivity contribution in [3.8, 4) is 0 Å². The first-order chi connectivity index (χ1) is 7.38. The Hall–Kier alpha value is -0.970. The number of hydrogen-bond donors (Lipinski definition) is 1. The highest BCUT2D eigenvalue weighted by molar-refractivity contribution is 5.13. The van der Waals surface area contributed by atoms with Crippen LogP contribution in [0.4, 0.5) is 0 Å². The maximum Gasteiger partial charge on any atom is 0.0892 e. The van der Waals surface area contributed by atoms with Crippen molar-refractivity contribution in [1.82, 2.24) is 4.98 Å². The van der Waals surface area contributed by atoms with E-state index in [0.717, 1.165) is 24.3 Å². The quantitative estimate of drug-likeness (QED) is 0.796. The van der Waals surface area contributed by atoms with E-state index < -0.39 is 0 Å². The van der Waals surface area contributed by atoms with Crippen molar-refractivity contribution in [3.63, 3.8) is 0 Å². The minimum Gasteiger partial charge on any atom is -0.379 e. The molecular formula is C11H16N2O2. The summed E-state index contributed by atoms with van der Waals surface area (Å²) in [6.07, 6.45) is 3.02. The van der Waals surface area contributed by atoms with Gasteiger partial charge in [0, 0.05) is 19.3 Å². The lowest BCUT2D eigenvalue weighted by atomic mass is 10.2. The Balaban J connectivity index is 1.82.